The average molecular weight is 169 g/mol. The lowest BCUT2D eigenvalue weighted by Gasteiger charge is -2.02. The van der Waals surface area contributed by atoms with Crippen molar-refractivity contribution in [2.75, 3.05) is 0 Å². The molecule has 0 amide bonds. The van der Waals surface area contributed by atoms with Gasteiger partial charge in [0, 0.05) is 11.6 Å². The van der Waals surface area contributed by atoms with Crippen LogP contribution in [-0.2, 0) is 0 Å². The fourth-order valence-corrected chi connectivity index (χ4v) is 1.52. The van der Waals surface area contributed by atoms with Crippen LogP contribution in [0.15, 0.2) is 37.0 Å². The number of para-hydroxylation sites is 1. The van der Waals surface area contributed by atoms with Crippen molar-refractivity contribution < 1.29 is 0 Å². The minimum absolute atomic E-state index is 1.07. The molecule has 0 atom stereocenters. The molecule has 1 aromatic heterocycles. The van der Waals surface area contributed by atoms with Crippen LogP contribution in [0.2, 0.25) is 0 Å². The number of aromatic nitrogens is 1. The normalized spacial score (nSPS) is 10.2. The van der Waals surface area contributed by atoms with Crippen molar-refractivity contribution in [3.05, 3.63) is 48.2 Å². The SMILES string of the molecule is C=Cc1ccnc2c(C)cccc12. The number of fused-ring (bicyclic) bond motifs is 1. The highest BCUT2D eigenvalue weighted by Crippen LogP contribution is 2.19. The molecule has 1 heteroatoms. The standard InChI is InChI=1S/C12H11N/c1-3-10-7-8-13-12-9(2)5-4-6-11(10)12/h3-8H,1H2,2H3. The van der Waals surface area contributed by atoms with E-state index in [4.69, 9.17) is 0 Å². The predicted octanol–water partition coefficient (Wildman–Crippen LogP) is 3.19. The van der Waals surface area contributed by atoms with Crippen LogP contribution < -0.4 is 0 Å². The molecule has 0 fully saturated rings. The molecule has 0 bridgehead atoms. The molecule has 0 unspecified atom stereocenters. The van der Waals surface area contributed by atoms with Gasteiger partial charge in [-0.3, -0.25) is 4.98 Å². The largest absolute Gasteiger partial charge is 0.256 e. The average Bonchev–Trinajstić information content (AvgIpc) is 2.18. The Kier molecular flexibility index (Phi) is 1.85. The Balaban J connectivity index is 2.92. The van der Waals surface area contributed by atoms with Crippen molar-refractivity contribution in [3.8, 4) is 0 Å². The van der Waals surface area contributed by atoms with E-state index in [0.717, 1.165) is 11.1 Å². The Morgan fingerprint density at radius 2 is 2.15 bits per heavy atom. The molecule has 0 aliphatic carbocycles. The number of rotatable bonds is 1. The molecule has 0 aliphatic rings. The van der Waals surface area contributed by atoms with Crippen molar-refractivity contribution in [3.63, 3.8) is 0 Å². The number of aryl methyl sites for hydroxylation is 1. The first-order chi connectivity index (χ1) is 6.33. The Labute approximate surface area is 77.7 Å². The molecule has 0 saturated carbocycles. The fourth-order valence-electron chi connectivity index (χ4n) is 1.52. The van der Waals surface area contributed by atoms with E-state index in [9.17, 15) is 0 Å². The molecule has 0 saturated heterocycles. The van der Waals surface area contributed by atoms with Gasteiger partial charge in [0.25, 0.3) is 0 Å². The highest BCUT2D eigenvalue weighted by Gasteiger charge is 1.99. The third-order valence-corrected chi connectivity index (χ3v) is 2.23. The molecule has 2 rings (SSSR count). The zero-order valence-electron chi connectivity index (χ0n) is 7.62. The molecule has 2 aromatic rings. The van der Waals surface area contributed by atoms with Crippen molar-refractivity contribution >= 4 is 17.0 Å². The Hall–Kier alpha value is -1.63. The van der Waals surface area contributed by atoms with Gasteiger partial charge in [-0.15, -0.1) is 0 Å². The lowest BCUT2D eigenvalue weighted by molar-refractivity contribution is 1.36. The second kappa shape index (κ2) is 3.02. The monoisotopic (exact) mass is 169 g/mol. The van der Waals surface area contributed by atoms with Gasteiger partial charge in [0.1, 0.15) is 0 Å². The predicted molar refractivity (Wildman–Crippen MR) is 56.6 cm³/mol. The van der Waals surface area contributed by atoms with E-state index in [1.165, 1.54) is 10.9 Å². The maximum absolute atomic E-state index is 4.34. The number of nitrogens with zero attached hydrogens (tertiary/aromatic N) is 1. The van der Waals surface area contributed by atoms with Crippen LogP contribution >= 0.6 is 0 Å². The maximum atomic E-state index is 4.34. The molecule has 0 N–H and O–H groups in total. The van der Waals surface area contributed by atoms with E-state index in [1.54, 1.807) is 0 Å². The van der Waals surface area contributed by atoms with Gasteiger partial charge in [-0.2, -0.15) is 0 Å². The van der Waals surface area contributed by atoms with Crippen LogP contribution in [-0.4, -0.2) is 4.98 Å². The van der Waals surface area contributed by atoms with Gasteiger partial charge in [0.05, 0.1) is 5.52 Å². The molecule has 1 heterocycles. The van der Waals surface area contributed by atoms with E-state index < -0.39 is 0 Å². The number of pyridine rings is 1. The van der Waals surface area contributed by atoms with E-state index in [2.05, 4.69) is 30.6 Å². The highest BCUT2D eigenvalue weighted by atomic mass is 14.6. The molecule has 1 nitrogen and oxygen atoms in total. The molecule has 13 heavy (non-hydrogen) atoms. The minimum Gasteiger partial charge on any atom is -0.256 e. The summed E-state index contributed by atoms with van der Waals surface area (Å²) in [6.07, 6.45) is 3.69. The summed E-state index contributed by atoms with van der Waals surface area (Å²) in [7, 11) is 0. The zero-order valence-corrected chi connectivity index (χ0v) is 7.62. The lowest BCUT2D eigenvalue weighted by Crippen LogP contribution is -1.84. The van der Waals surface area contributed by atoms with Crippen LogP contribution in [0.5, 0.6) is 0 Å². The van der Waals surface area contributed by atoms with Gasteiger partial charge in [-0.25, -0.2) is 0 Å². The first-order valence-electron chi connectivity index (χ1n) is 4.29. The van der Waals surface area contributed by atoms with Crippen molar-refractivity contribution in [1.82, 2.24) is 4.98 Å². The van der Waals surface area contributed by atoms with Crippen molar-refractivity contribution in [1.29, 1.82) is 0 Å². The highest BCUT2D eigenvalue weighted by molar-refractivity contribution is 5.89. The van der Waals surface area contributed by atoms with Crippen molar-refractivity contribution in [2.24, 2.45) is 0 Å². The van der Waals surface area contributed by atoms with Crippen LogP contribution in [0.1, 0.15) is 11.1 Å². The van der Waals surface area contributed by atoms with E-state index in [1.807, 2.05) is 24.4 Å². The summed E-state index contributed by atoms with van der Waals surface area (Å²) in [4.78, 5) is 4.34. The number of benzene rings is 1. The summed E-state index contributed by atoms with van der Waals surface area (Å²) < 4.78 is 0. The van der Waals surface area contributed by atoms with E-state index >= 15 is 0 Å². The summed E-state index contributed by atoms with van der Waals surface area (Å²) in [5.41, 5.74) is 3.43. The van der Waals surface area contributed by atoms with Crippen LogP contribution in [0.4, 0.5) is 0 Å². The molecule has 1 aromatic carbocycles. The van der Waals surface area contributed by atoms with Crippen LogP contribution in [0.25, 0.3) is 17.0 Å². The Morgan fingerprint density at radius 3 is 2.92 bits per heavy atom. The Bertz CT molecular complexity index is 458. The van der Waals surface area contributed by atoms with Gasteiger partial charge < -0.3 is 0 Å². The van der Waals surface area contributed by atoms with Crippen LogP contribution in [0.3, 0.4) is 0 Å². The fraction of sp³-hybridized carbons (Fsp3) is 0.0833. The van der Waals surface area contributed by atoms with Gasteiger partial charge >= 0.3 is 0 Å². The first kappa shape index (κ1) is 7.99. The molecule has 0 spiro atoms. The molecule has 0 radical (unpaired) electrons. The summed E-state index contributed by atoms with van der Waals surface area (Å²) in [6, 6.07) is 8.18. The third kappa shape index (κ3) is 1.22. The second-order valence-electron chi connectivity index (χ2n) is 3.08. The van der Waals surface area contributed by atoms with Gasteiger partial charge in [-0.05, 0) is 24.1 Å². The third-order valence-electron chi connectivity index (χ3n) is 2.23. The van der Waals surface area contributed by atoms with Crippen molar-refractivity contribution in [2.45, 2.75) is 6.92 Å². The smallest absolute Gasteiger partial charge is 0.0737 e. The van der Waals surface area contributed by atoms with Crippen LogP contribution in [0, 0.1) is 6.92 Å². The Morgan fingerprint density at radius 1 is 1.31 bits per heavy atom. The molecule has 0 aliphatic heterocycles. The summed E-state index contributed by atoms with van der Waals surface area (Å²) in [5, 5.41) is 1.18. The summed E-state index contributed by atoms with van der Waals surface area (Å²) in [5.74, 6) is 0. The second-order valence-corrected chi connectivity index (χ2v) is 3.08. The van der Waals surface area contributed by atoms with Gasteiger partial charge in [-0.1, -0.05) is 30.9 Å². The summed E-state index contributed by atoms with van der Waals surface area (Å²) in [6.45, 7) is 5.85. The first-order valence-corrected chi connectivity index (χ1v) is 4.29. The number of hydrogen-bond acceptors (Lipinski definition) is 1. The van der Waals surface area contributed by atoms with Gasteiger partial charge in [0.15, 0.2) is 0 Å². The topological polar surface area (TPSA) is 12.9 Å². The lowest BCUT2D eigenvalue weighted by atomic mass is 10.1. The number of hydrogen-bond donors (Lipinski definition) is 0. The van der Waals surface area contributed by atoms with E-state index in [-0.39, 0.29) is 0 Å². The zero-order chi connectivity index (χ0) is 9.26. The maximum Gasteiger partial charge on any atom is 0.0737 e. The van der Waals surface area contributed by atoms with Gasteiger partial charge in [0.2, 0.25) is 0 Å². The van der Waals surface area contributed by atoms with E-state index in [0.29, 0.717) is 0 Å². The quantitative estimate of drug-likeness (QED) is 0.638. The molecule has 64 valence electrons. The minimum atomic E-state index is 1.07. The molecular formula is C12H11N. The molecular weight excluding hydrogens is 158 g/mol. The summed E-state index contributed by atoms with van der Waals surface area (Å²) >= 11 is 0.